The van der Waals surface area contributed by atoms with E-state index in [0.717, 1.165) is 0 Å². The van der Waals surface area contributed by atoms with Crippen LogP contribution in [0.15, 0.2) is 0 Å². The van der Waals surface area contributed by atoms with Gasteiger partial charge in [-0.05, 0) is 22.6 Å². The minimum Gasteiger partial charge on any atom is -0.394 e. The van der Waals surface area contributed by atoms with E-state index >= 15 is 0 Å². The fourth-order valence-corrected chi connectivity index (χ4v) is 1.51. The van der Waals surface area contributed by atoms with E-state index in [2.05, 4.69) is 0 Å². The second-order valence-electron chi connectivity index (χ2n) is 2.04. The zero-order valence-electron chi connectivity index (χ0n) is 4.76. The van der Waals surface area contributed by atoms with Crippen molar-refractivity contribution < 1.29 is 14.2 Å². The van der Waals surface area contributed by atoms with E-state index in [-0.39, 0.29) is 16.8 Å². The Kier molecular flexibility index (Phi) is 2.66. The molecule has 1 saturated heterocycles. The summed E-state index contributed by atoms with van der Waals surface area (Å²) in [6, 6.07) is 0. The first kappa shape index (κ1) is 7.68. The summed E-state index contributed by atoms with van der Waals surface area (Å²) in [7, 11) is 0. The van der Waals surface area contributed by atoms with Crippen LogP contribution in [0.2, 0.25) is 0 Å². The van der Waals surface area contributed by atoms with Gasteiger partial charge in [0.25, 0.3) is 0 Å². The number of hydrogen-bond acceptors (Lipinski definition) is 2. The average Bonchev–Trinajstić information content (AvgIpc) is 2.13. The third kappa shape index (κ3) is 1.75. The van der Waals surface area contributed by atoms with Crippen molar-refractivity contribution in [1.82, 2.24) is 0 Å². The summed E-state index contributed by atoms with van der Waals surface area (Å²) < 4.78 is 17.1. The Morgan fingerprint density at radius 3 is 2.67 bits per heavy atom. The van der Waals surface area contributed by atoms with Gasteiger partial charge in [-0.15, -0.1) is 0 Å². The van der Waals surface area contributed by atoms with Gasteiger partial charge in [0.1, 0.15) is 10.3 Å². The summed E-state index contributed by atoms with van der Waals surface area (Å²) in [6.07, 6.45) is -0.839. The maximum Gasteiger partial charge on any atom is 0.140 e. The summed E-state index contributed by atoms with van der Waals surface area (Å²) in [5.41, 5.74) is 0. The normalized spacial score (nSPS) is 43.7. The third-order valence-electron chi connectivity index (χ3n) is 1.30. The minimum atomic E-state index is -0.900. The van der Waals surface area contributed by atoms with Crippen LogP contribution in [0.1, 0.15) is 6.42 Å². The molecule has 0 aromatic heterocycles. The lowest BCUT2D eigenvalue weighted by atomic mass is 10.2. The second-order valence-corrected chi connectivity index (χ2v) is 3.27. The maximum atomic E-state index is 12.5. The van der Waals surface area contributed by atoms with Gasteiger partial charge in [-0.25, -0.2) is 4.39 Å². The molecule has 9 heavy (non-hydrogen) atoms. The van der Waals surface area contributed by atoms with Gasteiger partial charge < -0.3 is 9.84 Å². The van der Waals surface area contributed by atoms with E-state index in [9.17, 15) is 4.39 Å². The zero-order chi connectivity index (χ0) is 6.85. The molecule has 1 heterocycles. The van der Waals surface area contributed by atoms with E-state index in [4.69, 9.17) is 9.84 Å². The van der Waals surface area contributed by atoms with Gasteiger partial charge in [0, 0.05) is 6.42 Å². The second kappa shape index (κ2) is 3.12. The van der Waals surface area contributed by atoms with Crippen LogP contribution in [-0.4, -0.2) is 28.1 Å². The molecule has 1 rings (SSSR count). The molecule has 2 nitrogen and oxygen atoms in total. The average molecular weight is 246 g/mol. The first-order chi connectivity index (χ1) is 4.24. The van der Waals surface area contributed by atoms with Gasteiger partial charge in [-0.1, -0.05) is 0 Å². The largest absolute Gasteiger partial charge is 0.394 e. The molecule has 54 valence electrons. The third-order valence-corrected chi connectivity index (χ3v) is 2.37. The van der Waals surface area contributed by atoms with Crippen molar-refractivity contribution in [3.05, 3.63) is 0 Å². The van der Waals surface area contributed by atoms with Crippen molar-refractivity contribution in [2.75, 3.05) is 6.61 Å². The van der Waals surface area contributed by atoms with Crippen LogP contribution < -0.4 is 0 Å². The maximum absolute atomic E-state index is 12.5. The molecule has 0 radical (unpaired) electrons. The molecule has 0 amide bonds. The molecule has 1 fully saturated rings. The van der Waals surface area contributed by atoms with Crippen molar-refractivity contribution in [3.63, 3.8) is 0 Å². The highest BCUT2D eigenvalue weighted by Gasteiger charge is 2.32. The summed E-state index contributed by atoms with van der Waals surface area (Å²) >= 11 is 1.89. The van der Waals surface area contributed by atoms with Crippen LogP contribution in [0.5, 0.6) is 0 Å². The molecule has 1 aliphatic heterocycles. The van der Waals surface area contributed by atoms with Gasteiger partial charge in [0.15, 0.2) is 0 Å². The molecular formula is C5H8FIO2. The molecule has 1 N–H and O–H groups in total. The molecule has 1 aliphatic rings. The van der Waals surface area contributed by atoms with Gasteiger partial charge in [0.2, 0.25) is 0 Å². The Morgan fingerprint density at radius 1 is 1.78 bits per heavy atom. The predicted octanol–water partition coefficient (Wildman–Crippen LogP) is 0.867. The smallest absolute Gasteiger partial charge is 0.140 e. The van der Waals surface area contributed by atoms with Crippen LogP contribution in [0.25, 0.3) is 0 Å². The van der Waals surface area contributed by atoms with Crippen LogP contribution in [0, 0.1) is 0 Å². The van der Waals surface area contributed by atoms with E-state index in [1.165, 1.54) is 0 Å². The molecular weight excluding hydrogens is 238 g/mol. The summed E-state index contributed by atoms with van der Waals surface area (Å²) in [5.74, 6) is 0. The Labute approximate surface area is 66.5 Å². The molecule has 0 saturated carbocycles. The highest BCUT2D eigenvalue weighted by atomic mass is 127. The van der Waals surface area contributed by atoms with Gasteiger partial charge in [0.05, 0.1) is 12.7 Å². The quantitative estimate of drug-likeness (QED) is 0.549. The zero-order valence-corrected chi connectivity index (χ0v) is 6.92. The first-order valence-electron chi connectivity index (χ1n) is 2.78. The van der Waals surface area contributed by atoms with Crippen LogP contribution in [-0.2, 0) is 4.74 Å². The van der Waals surface area contributed by atoms with E-state index < -0.39 is 6.17 Å². The van der Waals surface area contributed by atoms with E-state index in [1.54, 1.807) is 0 Å². The van der Waals surface area contributed by atoms with Crippen molar-refractivity contribution >= 4 is 22.6 Å². The standard InChI is InChI=1S/C5H8FIO2/c6-4-1-3(2-8)9-5(4)7/h3-5,8H,1-2H2/t3-,4?,5-/m0/s1. The number of halogens is 2. The lowest BCUT2D eigenvalue weighted by molar-refractivity contribution is 0.0481. The molecule has 0 spiro atoms. The van der Waals surface area contributed by atoms with Crippen molar-refractivity contribution in [2.45, 2.75) is 22.8 Å². The van der Waals surface area contributed by atoms with Crippen LogP contribution in [0.4, 0.5) is 4.39 Å². The summed E-state index contributed by atoms with van der Waals surface area (Å²) in [4.78, 5) is 0. The predicted molar refractivity (Wildman–Crippen MR) is 39.3 cm³/mol. The molecule has 0 aromatic carbocycles. The van der Waals surface area contributed by atoms with Gasteiger partial charge >= 0.3 is 0 Å². The Morgan fingerprint density at radius 2 is 2.44 bits per heavy atom. The Hall–Kier alpha value is 0.580. The molecule has 0 aromatic rings. The van der Waals surface area contributed by atoms with Crippen molar-refractivity contribution in [3.8, 4) is 0 Å². The highest BCUT2D eigenvalue weighted by molar-refractivity contribution is 14.1. The topological polar surface area (TPSA) is 29.5 Å². The number of hydrogen-bond donors (Lipinski definition) is 1. The lowest BCUT2D eigenvalue weighted by Gasteiger charge is -2.03. The lowest BCUT2D eigenvalue weighted by Crippen LogP contribution is -2.10. The number of alkyl halides is 2. The number of rotatable bonds is 1. The molecule has 0 bridgehead atoms. The SMILES string of the molecule is OC[C@@H]1CC(F)[C@@H](I)O1. The van der Waals surface area contributed by atoms with Crippen LogP contribution >= 0.6 is 22.6 Å². The van der Waals surface area contributed by atoms with Crippen molar-refractivity contribution in [2.24, 2.45) is 0 Å². The van der Waals surface area contributed by atoms with Gasteiger partial charge in [-0.3, -0.25) is 0 Å². The Bertz CT molecular complexity index is 91.0. The first-order valence-corrected chi connectivity index (χ1v) is 4.03. The molecule has 4 heteroatoms. The van der Waals surface area contributed by atoms with E-state index in [1.807, 2.05) is 22.6 Å². The highest BCUT2D eigenvalue weighted by Crippen LogP contribution is 2.26. The number of aliphatic hydroxyl groups excluding tert-OH is 1. The summed E-state index contributed by atoms with van der Waals surface area (Å²) in [6.45, 7) is -0.0695. The number of ether oxygens (including phenoxy) is 1. The monoisotopic (exact) mass is 246 g/mol. The number of aliphatic hydroxyl groups is 1. The summed E-state index contributed by atoms with van der Waals surface area (Å²) in [5, 5.41) is 8.51. The van der Waals surface area contributed by atoms with Crippen molar-refractivity contribution in [1.29, 1.82) is 0 Å². The minimum absolute atomic E-state index is 0.0695. The molecule has 1 unspecified atom stereocenters. The van der Waals surface area contributed by atoms with E-state index in [0.29, 0.717) is 6.42 Å². The molecule has 0 aliphatic carbocycles. The van der Waals surface area contributed by atoms with Gasteiger partial charge in [-0.2, -0.15) is 0 Å². The molecule has 3 atom stereocenters. The van der Waals surface area contributed by atoms with Crippen LogP contribution in [0.3, 0.4) is 0 Å². The fraction of sp³-hybridized carbons (Fsp3) is 1.00. The Balaban J connectivity index is 2.35. The fourth-order valence-electron chi connectivity index (χ4n) is 0.800.